The molecule has 6 heteroatoms. The van der Waals surface area contributed by atoms with Crippen LogP contribution in [0.15, 0.2) is 12.3 Å². The van der Waals surface area contributed by atoms with Crippen LogP contribution in [-0.4, -0.2) is 32.7 Å². The number of carboxylic acid groups (broad SMARTS) is 1. The van der Waals surface area contributed by atoms with Crippen molar-refractivity contribution < 1.29 is 14.7 Å². The van der Waals surface area contributed by atoms with Gasteiger partial charge in [0.1, 0.15) is 11.2 Å². The summed E-state index contributed by atoms with van der Waals surface area (Å²) in [7, 11) is 0. The Labute approximate surface area is 93.1 Å². The number of carboxylic acids is 1. The van der Waals surface area contributed by atoms with Gasteiger partial charge in [0.05, 0.1) is 0 Å². The zero-order valence-electron chi connectivity index (χ0n) is 9.28. The molecule has 0 saturated heterocycles. The number of carbonyl (C=O) groups excluding carboxylic acids is 1. The minimum atomic E-state index is -1.21. The molecular weight excluding hydrogens is 210 g/mol. The predicted molar refractivity (Wildman–Crippen MR) is 57.0 cm³/mol. The predicted octanol–water partition coefficient (Wildman–Crippen LogP) is 0.783. The fraction of sp³-hybridized carbons (Fsp3) is 0.500. The molecule has 1 aromatic heterocycles. The van der Waals surface area contributed by atoms with Gasteiger partial charge in [-0.05, 0) is 18.9 Å². The van der Waals surface area contributed by atoms with Crippen LogP contribution in [0.1, 0.15) is 37.2 Å². The van der Waals surface area contributed by atoms with E-state index in [0.29, 0.717) is 12.8 Å². The van der Waals surface area contributed by atoms with Crippen molar-refractivity contribution >= 4 is 11.9 Å². The molecule has 0 spiro atoms. The van der Waals surface area contributed by atoms with E-state index in [1.165, 1.54) is 12.3 Å². The topological polar surface area (TPSA) is 95.1 Å². The summed E-state index contributed by atoms with van der Waals surface area (Å²) in [4.78, 5) is 22.8. The fourth-order valence-electron chi connectivity index (χ4n) is 1.45. The molecule has 1 rings (SSSR count). The Morgan fingerprint density at radius 2 is 2.12 bits per heavy atom. The van der Waals surface area contributed by atoms with E-state index in [4.69, 9.17) is 5.11 Å². The van der Waals surface area contributed by atoms with Gasteiger partial charge in [-0.1, -0.05) is 13.8 Å². The molecule has 0 aliphatic rings. The third-order valence-electron chi connectivity index (χ3n) is 2.71. The standard InChI is InChI=1S/C10H15N3O3/c1-3-10(4-2,9(15)16)12-8(14)7-5-6-11-13-7/h5-6H,3-4H2,1-2H3,(H,11,13)(H,12,14)(H,15,16). The van der Waals surface area contributed by atoms with E-state index in [1.807, 2.05) is 0 Å². The zero-order valence-corrected chi connectivity index (χ0v) is 9.28. The molecule has 1 heterocycles. The molecule has 0 bridgehead atoms. The third-order valence-corrected chi connectivity index (χ3v) is 2.71. The van der Waals surface area contributed by atoms with E-state index < -0.39 is 17.4 Å². The highest BCUT2D eigenvalue weighted by atomic mass is 16.4. The molecule has 0 atom stereocenters. The van der Waals surface area contributed by atoms with Crippen molar-refractivity contribution in [3.8, 4) is 0 Å². The molecule has 0 aliphatic heterocycles. The van der Waals surface area contributed by atoms with Crippen LogP contribution in [0.2, 0.25) is 0 Å². The van der Waals surface area contributed by atoms with Crippen molar-refractivity contribution in [3.05, 3.63) is 18.0 Å². The number of hydrogen-bond acceptors (Lipinski definition) is 3. The van der Waals surface area contributed by atoms with Gasteiger partial charge in [0.15, 0.2) is 0 Å². The average Bonchev–Trinajstić information content (AvgIpc) is 2.78. The molecule has 3 N–H and O–H groups in total. The Kier molecular flexibility index (Phi) is 3.65. The van der Waals surface area contributed by atoms with E-state index in [0.717, 1.165) is 0 Å². The van der Waals surface area contributed by atoms with E-state index in [1.54, 1.807) is 13.8 Å². The third kappa shape index (κ3) is 2.21. The number of H-pyrrole nitrogens is 1. The van der Waals surface area contributed by atoms with Crippen molar-refractivity contribution in [2.24, 2.45) is 0 Å². The van der Waals surface area contributed by atoms with Crippen LogP contribution in [0.5, 0.6) is 0 Å². The van der Waals surface area contributed by atoms with Gasteiger partial charge in [0.25, 0.3) is 5.91 Å². The number of amides is 1. The second-order valence-electron chi connectivity index (χ2n) is 3.52. The first kappa shape index (κ1) is 12.2. The molecule has 0 aromatic carbocycles. The molecule has 0 unspecified atom stereocenters. The Bertz CT molecular complexity index is 369. The maximum absolute atomic E-state index is 11.7. The Morgan fingerprint density at radius 3 is 2.50 bits per heavy atom. The molecule has 6 nitrogen and oxygen atoms in total. The second-order valence-corrected chi connectivity index (χ2v) is 3.52. The molecule has 0 saturated carbocycles. The maximum atomic E-state index is 11.7. The van der Waals surface area contributed by atoms with Crippen molar-refractivity contribution in [1.29, 1.82) is 0 Å². The number of carbonyl (C=O) groups is 2. The van der Waals surface area contributed by atoms with Crippen molar-refractivity contribution in [1.82, 2.24) is 15.5 Å². The normalized spacial score (nSPS) is 11.1. The molecule has 16 heavy (non-hydrogen) atoms. The maximum Gasteiger partial charge on any atom is 0.329 e. The van der Waals surface area contributed by atoms with Gasteiger partial charge >= 0.3 is 5.97 Å². The smallest absolute Gasteiger partial charge is 0.329 e. The van der Waals surface area contributed by atoms with E-state index in [2.05, 4.69) is 15.5 Å². The highest BCUT2D eigenvalue weighted by Gasteiger charge is 2.36. The van der Waals surface area contributed by atoms with Crippen LogP contribution in [0.3, 0.4) is 0 Å². The summed E-state index contributed by atoms with van der Waals surface area (Å²) >= 11 is 0. The first-order valence-electron chi connectivity index (χ1n) is 5.11. The van der Waals surface area contributed by atoms with Crippen LogP contribution in [0.25, 0.3) is 0 Å². The summed E-state index contributed by atoms with van der Waals surface area (Å²) in [5, 5.41) is 17.8. The van der Waals surface area contributed by atoms with Crippen LogP contribution >= 0.6 is 0 Å². The Hall–Kier alpha value is -1.85. The Balaban J connectivity index is 2.84. The van der Waals surface area contributed by atoms with Crippen LogP contribution in [0.4, 0.5) is 0 Å². The van der Waals surface area contributed by atoms with Crippen molar-refractivity contribution in [2.75, 3.05) is 0 Å². The van der Waals surface area contributed by atoms with Crippen LogP contribution < -0.4 is 5.32 Å². The molecule has 1 amide bonds. The summed E-state index contributed by atoms with van der Waals surface area (Å²) in [6.07, 6.45) is 2.10. The largest absolute Gasteiger partial charge is 0.480 e. The quantitative estimate of drug-likeness (QED) is 0.690. The molecular formula is C10H15N3O3. The summed E-state index contributed by atoms with van der Waals surface area (Å²) in [5.41, 5.74) is -0.949. The lowest BCUT2D eigenvalue weighted by Gasteiger charge is -2.27. The second kappa shape index (κ2) is 4.78. The molecule has 88 valence electrons. The van der Waals surface area contributed by atoms with E-state index in [9.17, 15) is 9.59 Å². The van der Waals surface area contributed by atoms with Gasteiger partial charge in [0, 0.05) is 6.20 Å². The number of nitrogens with zero attached hydrogens (tertiary/aromatic N) is 1. The first-order chi connectivity index (χ1) is 7.55. The van der Waals surface area contributed by atoms with E-state index >= 15 is 0 Å². The molecule has 1 aromatic rings. The molecule has 0 radical (unpaired) electrons. The summed E-state index contributed by atoms with van der Waals surface area (Å²) in [5.74, 6) is -1.48. The average molecular weight is 225 g/mol. The zero-order chi connectivity index (χ0) is 12.2. The van der Waals surface area contributed by atoms with Gasteiger partial charge in [-0.15, -0.1) is 0 Å². The lowest BCUT2D eigenvalue weighted by Crippen LogP contribution is -2.53. The number of aliphatic carboxylic acids is 1. The van der Waals surface area contributed by atoms with Gasteiger partial charge in [-0.25, -0.2) is 4.79 Å². The number of aromatic amines is 1. The van der Waals surface area contributed by atoms with Gasteiger partial charge in [0.2, 0.25) is 0 Å². The minimum Gasteiger partial charge on any atom is -0.480 e. The number of nitrogens with one attached hydrogen (secondary N) is 2. The van der Waals surface area contributed by atoms with Gasteiger partial charge in [-0.3, -0.25) is 9.89 Å². The van der Waals surface area contributed by atoms with Gasteiger partial charge < -0.3 is 10.4 Å². The summed E-state index contributed by atoms with van der Waals surface area (Å²) in [6.45, 7) is 3.45. The number of hydrogen-bond donors (Lipinski definition) is 3. The highest BCUT2D eigenvalue weighted by Crippen LogP contribution is 2.16. The fourth-order valence-corrected chi connectivity index (χ4v) is 1.45. The number of rotatable bonds is 5. The van der Waals surface area contributed by atoms with Crippen molar-refractivity contribution in [3.63, 3.8) is 0 Å². The minimum absolute atomic E-state index is 0.257. The molecule has 0 aliphatic carbocycles. The summed E-state index contributed by atoms with van der Waals surface area (Å²) in [6, 6.07) is 1.49. The highest BCUT2D eigenvalue weighted by molar-refractivity contribution is 5.96. The van der Waals surface area contributed by atoms with Crippen LogP contribution in [-0.2, 0) is 4.79 Å². The lowest BCUT2D eigenvalue weighted by atomic mass is 9.93. The molecule has 0 fully saturated rings. The number of aromatic nitrogens is 2. The SMILES string of the molecule is CCC(CC)(NC(=O)c1ccn[nH]1)C(=O)O. The monoisotopic (exact) mass is 225 g/mol. The first-order valence-corrected chi connectivity index (χ1v) is 5.11. The van der Waals surface area contributed by atoms with Gasteiger partial charge in [-0.2, -0.15) is 5.10 Å². The van der Waals surface area contributed by atoms with Crippen LogP contribution in [0, 0.1) is 0 Å². The lowest BCUT2D eigenvalue weighted by molar-refractivity contribution is -0.144. The summed E-state index contributed by atoms with van der Waals surface area (Å²) < 4.78 is 0. The van der Waals surface area contributed by atoms with E-state index in [-0.39, 0.29) is 5.69 Å². The van der Waals surface area contributed by atoms with Crippen molar-refractivity contribution in [2.45, 2.75) is 32.2 Å². The Morgan fingerprint density at radius 1 is 1.50 bits per heavy atom.